The number of nitrogens with zero attached hydrogens (tertiary/aromatic N) is 1. The van der Waals surface area contributed by atoms with E-state index in [1.807, 2.05) is 136 Å². The summed E-state index contributed by atoms with van der Waals surface area (Å²) >= 11 is 6.47. The van der Waals surface area contributed by atoms with Gasteiger partial charge in [0.1, 0.15) is 0 Å². The van der Waals surface area contributed by atoms with E-state index in [1.54, 1.807) is 12.1 Å². The Kier molecular flexibility index (Phi) is 6.54. The second-order valence-corrected chi connectivity index (χ2v) is 13.5. The highest BCUT2D eigenvalue weighted by Crippen LogP contribution is 2.74. The van der Waals surface area contributed by atoms with Crippen molar-refractivity contribution in [2.75, 3.05) is 4.90 Å². The van der Waals surface area contributed by atoms with Crippen LogP contribution in [0.5, 0.6) is 0 Å². The van der Waals surface area contributed by atoms with Crippen LogP contribution in [-0.4, -0.2) is 17.6 Å². The lowest BCUT2D eigenvalue weighted by molar-refractivity contribution is -0.130. The topological polar surface area (TPSA) is 54.5 Å². The van der Waals surface area contributed by atoms with Crippen LogP contribution in [0, 0.1) is 32.6 Å². The van der Waals surface area contributed by atoms with Crippen molar-refractivity contribution in [1.29, 1.82) is 0 Å². The van der Waals surface area contributed by atoms with Crippen molar-refractivity contribution in [3.05, 3.63) is 171 Å². The molecule has 1 heterocycles. The van der Waals surface area contributed by atoms with Gasteiger partial charge in [0.25, 0.3) is 0 Å². The van der Waals surface area contributed by atoms with Gasteiger partial charge in [0.2, 0.25) is 11.8 Å². The number of carbonyl (C=O) groups is 3. The number of hydrogen-bond acceptors (Lipinski definition) is 3. The first-order valence-corrected chi connectivity index (χ1v) is 16.3. The average Bonchev–Trinajstić information content (AvgIpc) is 3.59. The number of fused-ring (bicyclic) bond motifs is 5. The Bertz CT molecular complexity index is 2010. The number of rotatable bonds is 5. The third-order valence-corrected chi connectivity index (χ3v) is 10.8. The molecule has 5 heteroatoms. The Morgan fingerprint density at radius 2 is 0.979 bits per heavy atom. The number of halogens is 1. The molecule has 47 heavy (non-hydrogen) atoms. The van der Waals surface area contributed by atoms with Crippen LogP contribution in [0.15, 0.2) is 127 Å². The average molecular weight is 634 g/mol. The summed E-state index contributed by atoms with van der Waals surface area (Å²) < 4.78 is 0. The summed E-state index contributed by atoms with van der Waals surface area (Å²) in [7, 11) is 0. The Morgan fingerprint density at radius 1 is 0.553 bits per heavy atom. The minimum absolute atomic E-state index is 0.132. The number of amides is 2. The van der Waals surface area contributed by atoms with Crippen LogP contribution in [0.3, 0.4) is 0 Å². The number of carbonyl (C=O) groups excluding carboxylic acids is 3. The predicted molar refractivity (Wildman–Crippen MR) is 186 cm³/mol. The third-order valence-electron chi connectivity index (χ3n) is 10.5. The highest BCUT2D eigenvalue weighted by Gasteiger charge is 2.82. The Hall–Kier alpha value is -5.06. The molecule has 0 N–H and O–H groups in total. The first-order chi connectivity index (χ1) is 22.7. The van der Waals surface area contributed by atoms with Crippen LogP contribution in [0.4, 0.5) is 5.69 Å². The molecule has 230 valence electrons. The number of imide groups is 1. The van der Waals surface area contributed by atoms with Crippen molar-refractivity contribution in [3.63, 3.8) is 0 Å². The minimum Gasteiger partial charge on any atom is -0.297 e. The number of anilines is 1. The Balaban J connectivity index is 1.56. The Labute approximate surface area is 279 Å². The van der Waals surface area contributed by atoms with E-state index in [2.05, 4.69) is 0 Å². The zero-order valence-corrected chi connectivity index (χ0v) is 27.1. The minimum atomic E-state index is -1.44. The maximum atomic E-state index is 16.0. The molecule has 4 atom stereocenters. The van der Waals surface area contributed by atoms with Gasteiger partial charge in [0.05, 0.1) is 28.4 Å². The summed E-state index contributed by atoms with van der Waals surface area (Å²) in [5.41, 5.74) is 5.20. The number of hydrogen-bond donors (Lipinski definition) is 0. The van der Waals surface area contributed by atoms with E-state index < -0.39 is 22.7 Å². The van der Waals surface area contributed by atoms with Crippen LogP contribution in [0.2, 0.25) is 5.02 Å². The van der Waals surface area contributed by atoms with Crippen molar-refractivity contribution in [1.82, 2.24) is 0 Å². The van der Waals surface area contributed by atoms with Crippen LogP contribution < -0.4 is 4.90 Å². The summed E-state index contributed by atoms with van der Waals surface area (Å²) in [6.45, 7) is 5.93. The number of ketones is 1. The summed E-state index contributed by atoms with van der Waals surface area (Å²) in [4.78, 5) is 47.6. The molecule has 0 spiro atoms. The molecule has 0 radical (unpaired) electrons. The molecule has 3 aliphatic rings. The van der Waals surface area contributed by atoms with Crippen molar-refractivity contribution < 1.29 is 14.4 Å². The highest BCUT2D eigenvalue weighted by atomic mass is 35.5. The molecule has 8 rings (SSSR count). The van der Waals surface area contributed by atoms with Gasteiger partial charge in [-0.05, 0) is 71.9 Å². The van der Waals surface area contributed by atoms with E-state index in [1.165, 1.54) is 4.90 Å². The molecule has 1 saturated heterocycles. The number of allylic oxidation sites excluding steroid dienone is 2. The fourth-order valence-electron chi connectivity index (χ4n) is 8.63. The zero-order chi connectivity index (χ0) is 32.7. The normalized spacial score (nSPS) is 24.8. The van der Waals surface area contributed by atoms with E-state index in [4.69, 9.17) is 11.6 Å². The van der Waals surface area contributed by atoms with Gasteiger partial charge in [-0.15, -0.1) is 0 Å². The molecule has 2 amide bonds. The lowest BCUT2D eigenvalue weighted by Crippen LogP contribution is -2.45. The molecular weight excluding hydrogens is 602 g/mol. The standard InChI is InChI=1S/C42H32ClNO3/c1-25-14-19-28(20-15-25)34-35(29-21-16-26(2)17-22-29)42(31-12-8-5-9-13-31)37-36(41(34,40(42)47)30-10-6-4-7-11-30)38(45)44(39(37)46)33-24-32(43)23-18-27(33)3/h4-24,36-37H,1-3H3/t36-,37-,41+,42+/m0/s1. The molecule has 0 unspecified atom stereocenters. The first kappa shape index (κ1) is 29.3. The monoisotopic (exact) mass is 633 g/mol. The summed E-state index contributed by atoms with van der Waals surface area (Å²) in [6.07, 6.45) is 0. The van der Waals surface area contributed by atoms with Gasteiger partial charge >= 0.3 is 0 Å². The van der Waals surface area contributed by atoms with Crippen molar-refractivity contribution in [2.24, 2.45) is 11.8 Å². The second kappa shape index (κ2) is 10.5. The van der Waals surface area contributed by atoms with Gasteiger partial charge in [-0.2, -0.15) is 0 Å². The molecule has 0 aromatic heterocycles. The molecule has 1 aliphatic heterocycles. The van der Waals surface area contributed by atoms with E-state index in [0.29, 0.717) is 21.8 Å². The van der Waals surface area contributed by atoms with Crippen molar-refractivity contribution >= 4 is 46.0 Å². The lowest BCUT2D eigenvalue weighted by atomic mass is 9.59. The number of benzene rings is 5. The van der Waals surface area contributed by atoms with Crippen LogP contribution in [0.1, 0.15) is 38.9 Å². The SMILES string of the molecule is Cc1ccc(C2=C(c3ccc(C)cc3)[C@@]3(c4ccccc4)C(=O)[C@@]2(c2ccccc2)[C@@H]2C(=O)N(c4cc(Cl)ccc4C)C(=O)[C@H]23)cc1. The zero-order valence-electron chi connectivity index (χ0n) is 26.3. The second-order valence-electron chi connectivity index (χ2n) is 13.1. The van der Waals surface area contributed by atoms with E-state index in [9.17, 15) is 0 Å². The fourth-order valence-corrected chi connectivity index (χ4v) is 8.79. The van der Waals surface area contributed by atoms with E-state index in [0.717, 1.165) is 39.0 Å². The first-order valence-electron chi connectivity index (χ1n) is 15.9. The maximum absolute atomic E-state index is 16.0. The molecule has 2 aliphatic carbocycles. The Morgan fingerprint density at radius 3 is 1.40 bits per heavy atom. The summed E-state index contributed by atoms with van der Waals surface area (Å²) in [5.74, 6) is -2.85. The quantitative estimate of drug-likeness (QED) is 0.183. The van der Waals surface area contributed by atoms with Gasteiger partial charge in [0.15, 0.2) is 5.78 Å². The number of Topliss-reactive ketones (excluding diaryl/α,β-unsaturated/α-hetero) is 1. The van der Waals surface area contributed by atoms with Gasteiger partial charge in [-0.25, -0.2) is 4.90 Å². The summed E-state index contributed by atoms with van der Waals surface area (Å²) in [6, 6.07) is 40.8. The van der Waals surface area contributed by atoms with Crippen molar-refractivity contribution in [3.8, 4) is 0 Å². The molecule has 2 bridgehead atoms. The van der Waals surface area contributed by atoms with E-state index >= 15 is 14.4 Å². The van der Waals surface area contributed by atoms with E-state index in [-0.39, 0.29) is 17.6 Å². The third kappa shape index (κ3) is 3.79. The predicted octanol–water partition coefficient (Wildman–Crippen LogP) is 8.45. The highest BCUT2D eigenvalue weighted by molar-refractivity contribution is 6.39. The molecular formula is C42H32ClNO3. The largest absolute Gasteiger partial charge is 0.297 e. The van der Waals surface area contributed by atoms with Crippen molar-refractivity contribution in [2.45, 2.75) is 31.6 Å². The number of aryl methyl sites for hydroxylation is 3. The smallest absolute Gasteiger partial charge is 0.239 e. The van der Waals surface area contributed by atoms with Crippen LogP contribution in [0.25, 0.3) is 11.1 Å². The summed E-state index contributed by atoms with van der Waals surface area (Å²) in [5, 5.41) is 0.427. The lowest BCUT2D eigenvalue weighted by Gasteiger charge is -2.39. The molecule has 5 aromatic rings. The van der Waals surface area contributed by atoms with Gasteiger partial charge in [-0.1, -0.05) is 138 Å². The van der Waals surface area contributed by atoms with Crippen LogP contribution >= 0.6 is 11.6 Å². The molecule has 1 saturated carbocycles. The molecule has 4 nitrogen and oxygen atoms in total. The molecule has 5 aromatic carbocycles. The molecule has 2 fully saturated rings. The van der Waals surface area contributed by atoms with Gasteiger partial charge < -0.3 is 0 Å². The maximum Gasteiger partial charge on any atom is 0.239 e. The van der Waals surface area contributed by atoms with Gasteiger partial charge in [0, 0.05) is 5.02 Å². The fraction of sp³-hybridized carbons (Fsp3) is 0.167. The van der Waals surface area contributed by atoms with Gasteiger partial charge in [-0.3, -0.25) is 14.4 Å². The van der Waals surface area contributed by atoms with Crippen LogP contribution in [-0.2, 0) is 25.2 Å².